The molecule has 0 saturated carbocycles. The smallest absolute Gasteiger partial charge is 0.255 e. The molecule has 0 unspecified atom stereocenters. The number of benzene rings is 1. The van der Waals surface area contributed by atoms with Gasteiger partial charge in [-0.05, 0) is 30.7 Å². The Balaban J connectivity index is 1.88. The number of nitrogens with one attached hydrogen (secondary N) is 1. The molecule has 6 heteroatoms. The molecule has 0 aliphatic carbocycles. The minimum absolute atomic E-state index is 0.177. The molecule has 0 radical (unpaired) electrons. The van der Waals surface area contributed by atoms with Crippen LogP contribution in [-0.4, -0.2) is 36.4 Å². The van der Waals surface area contributed by atoms with Gasteiger partial charge in [-0.2, -0.15) is 0 Å². The lowest BCUT2D eigenvalue weighted by Crippen LogP contribution is -2.45. The zero-order valence-corrected chi connectivity index (χ0v) is 14.4. The van der Waals surface area contributed by atoms with E-state index in [2.05, 4.69) is 11.9 Å². The summed E-state index contributed by atoms with van der Waals surface area (Å²) in [6, 6.07) is 8.41. The van der Waals surface area contributed by atoms with Gasteiger partial charge >= 0.3 is 0 Å². The first kappa shape index (κ1) is 18.3. The van der Waals surface area contributed by atoms with Gasteiger partial charge in [0, 0.05) is 13.6 Å². The lowest BCUT2D eigenvalue weighted by Gasteiger charge is -2.22. The minimum Gasteiger partial charge on any atom is -0.490 e. The maximum atomic E-state index is 12.4. The summed E-state index contributed by atoms with van der Waals surface area (Å²) < 4.78 is 10.3. The summed E-state index contributed by atoms with van der Waals surface area (Å²) in [4.78, 5) is 25.9. The summed E-state index contributed by atoms with van der Waals surface area (Å²) in [7, 11) is 1.70. The number of carbonyl (C=O) groups is 2. The van der Waals surface area contributed by atoms with Crippen molar-refractivity contribution in [3.05, 3.63) is 66.6 Å². The molecular formula is C19H22N2O4. The number of ether oxygens (including phenoxy) is 1. The standard InChI is InChI=1S/C19H22N2O4/c1-4-10-25-17-7-5-15(6-8-17)12-21(3)19(23)14(2)20-18(22)16-9-11-24-13-16/h4-9,11,13-14H,1,10,12H2,2-3H3,(H,20,22)/t14-/m1/s1. The van der Waals surface area contributed by atoms with Crippen LogP contribution in [0.5, 0.6) is 5.75 Å². The van der Waals surface area contributed by atoms with E-state index >= 15 is 0 Å². The molecule has 2 amide bonds. The highest BCUT2D eigenvalue weighted by Crippen LogP contribution is 2.13. The molecule has 1 aromatic heterocycles. The van der Waals surface area contributed by atoms with Crippen LogP contribution in [0.15, 0.2) is 59.9 Å². The Morgan fingerprint density at radius 1 is 1.32 bits per heavy atom. The average molecular weight is 342 g/mol. The molecule has 0 fully saturated rings. The maximum Gasteiger partial charge on any atom is 0.255 e. The van der Waals surface area contributed by atoms with Crippen LogP contribution in [0.25, 0.3) is 0 Å². The van der Waals surface area contributed by atoms with Crippen LogP contribution in [0.3, 0.4) is 0 Å². The highest BCUT2D eigenvalue weighted by molar-refractivity contribution is 5.97. The van der Waals surface area contributed by atoms with Crippen LogP contribution in [0, 0.1) is 0 Å². The van der Waals surface area contributed by atoms with Gasteiger partial charge in [0.25, 0.3) is 5.91 Å². The predicted octanol–water partition coefficient (Wildman–Crippen LogP) is 2.62. The molecule has 25 heavy (non-hydrogen) atoms. The maximum absolute atomic E-state index is 12.4. The van der Waals surface area contributed by atoms with E-state index in [1.165, 1.54) is 12.5 Å². The second kappa shape index (κ2) is 8.73. The van der Waals surface area contributed by atoms with Gasteiger partial charge < -0.3 is 19.4 Å². The number of amides is 2. The van der Waals surface area contributed by atoms with Gasteiger partial charge in [0.05, 0.1) is 11.8 Å². The van der Waals surface area contributed by atoms with Crippen molar-refractivity contribution in [1.29, 1.82) is 0 Å². The number of rotatable bonds is 8. The first-order valence-corrected chi connectivity index (χ1v) is 7.92. The fraction of sp³-hybridized carbons (Fsp3) is 0.263. The molecule has 1 atom stereocenters. The zero-order valence-electron chi connectivity index (χ0n) is 14.4. The number of nitrogens with zero attached hydrogens (tertiary/aromatic N) is 1. The third kappa shape index (κ3) is 5.24. The van der Waals surface area contributed by atoms with Crippen LogP contribution in [0.1, 0.15) is 22.8 Å². The molecule has 1 aromatic carbocycles. The molecule has 0 saturated heterocycles. The zero-order chi connectivity index (χ0) is 18.2. The molecule has 0 bridgehead atoms. The molecule has 1 heterocycles. The van der Waals surface area contributed by atoms with Crippen LogP contribution >= 0.6 is 0 Å². The Morgan fingerprint density at radius 3 is 2.64 bits per heavy atom. The summed E-state index contributed by atoms with van der Waals surface area (Å²) in [5.41, 5.74) is 1.35. The van der Waals surface area contributed by atoms with Gasteiger partial charge in [0.15, 0.2) is 0 Å². The van der Waals surface area contributed by atoms with Gasteiger partial charge in [0.1, 0.15) is 24.7 Å². The Kier molecular flexibility index (Phi) is 6.39. The summed E-state index contributed by atoms with van der Waals surface area (Å²) >= 11 is 0. The molecular weight excluding hydrogens is 320 g/mol. The molecule has 2 aromatic rings. The minimum atomic E-state index is -0.636. The van der Waals surface area contributed by atoms with E-state index in [0.717, 1.165) is 11.3 Å². The number of likely N-dealkylation sites (N-methyl/N-ethyl adjacent to an activating group) is 1. The topological polar surface area (TPSA) is 71.8 Å². The molecule has 0 aliphatic heterocycles. The van der Waals surface area contributed by atoms with Gasteiger partial charge in [-0.3, -0.25) is 9.59 Å². The fourth-order valence-corrected chi connectivity index (χ4v) is 2.26. The summed E-state index contributed by atoms with van der Waals surface area (Å²) in [6.07, 6.45) is 4.43. The predicted molar refractivity (Wildman–Crippen MR) is 94.2 cm³/mol. The molecule has 6 nitrogen and oxygen atoms in total. The number of hydrogen-bond acceptors (Lipinski definition) is 4. The first-order chi connectivity index (χ1) is 12.0. The summed E-state index contributed by atoms with van der Waals surface area (Å²) in [5.74, 6) is 0.230. The molecule has 2 rings (SSSR count). The van der Waals surface area contributed by atoms with Gasteiger partial charge in [-0.15, -0.1) is 0 Å². The van der Waals surface area contributed by atoms with E-state index < -0.39 is 6.04 Å². The third-order valence-corrected chi connectivity index (χ3v) is 3.59. The van der Waals surface area contributed by atoms with E-state index in [1.54, 1.807) is 31.0 Å². The quantitative estimate of drug-likeness (QED) is 0.749. The van der Waals surface area contributed by atoms with Crippen molar-refractivity contribution in [2.24, 2.45) is 0 Å². The van der Waals surface area contributed by atoms with Gasteiger partial charge in [0.2, 0.25) is 5.91 Å². The normalized spacial score (nSPS) is 11.4. The Hall–Kier alpha value is -3.02. The fourth-order valence-electron chi connectivity index (χ4n) is 2.26. The first-order valence-electron chi connectivity index (χ1n) is 7.92. The van der Waals surface area contributed by atoms with E-state index in [-0.39, 0.29) is 11.8 Å². The van der Waals surface area contributed by atoms with Crippen molar-refractivity contribution in [3.8, 4) is 5.75 Å². The summed E-state index contributed by atoms with van der Waals surface area (Å²) in [5, 5.41) is 2.66. The highest BCUT2D eigenvalue weighted by Gasteiger charge is 2.20. The Labute approximate surface area is 147 Å². The summed E-state index contributed by atoms with van der Waals surface area (Å²) in [6.45, 7) is 6.14. The second-order valence-electron chi connectivity index (χ2n) is 5.65. The van der Waals surface area contributed by atoms with E-state index in [9.17, 15) is 9.59 Å². The van der Waals surface area contributed by atoms with Crippen LogP contribution in [0.4, 0.5) is 0 Å². The number of hydrogen-bond donors (Lipinski definition) is 1. The van der Waals surface area contributed by atoms with Crippen molar-refractivity contribution in [1.82, 2.24) is 10.2 Å². The van der Waals surface area contributed by atoms with Gasteiger partial charge in [-0.1, -0.05) is 24.8 Å². The van der Waals surface area contributed by atoms with E-state index in [1.807, 2.05) is 24.3 Å². The highest BCUT2D eigenvalue weighted by atomic mass is 16.5. The van der Waals surface area contributed by atoms with Crippen molar-refractivity contribution in [2.45, 2.75) is 19.5 Å². The largest absolute Gasteiger partial charge is 0.490 e. The molecule has 132 valence electrons. The monoisotopic (exact) mass is 342 g/mol. The van der Waals surface area contributed by atoms with Gasteiger partial charge in [-0.25, -0.2) is 0 Å². The van der Waals surface area contributed by atoms with Crippen molar-refractivity contribution < 1.29 is 18.7 Å². The molecule has 1 N–H and O–H groups in total. The molecule has 0 spiro atoms. The average Bonchev–Trinajstić information content (AvgIpc) is 3.15. The van der Waals surface area contributed by atoms with Crippen LogP contribution in [0.2, 0.25) is 0 Å². The third-order valence-electron chi connectivity index (χ3n) is 3.59. The number of carbonyl (C=O) groups excluding carboxylic acids is 2. The van der Waals surface area contributed by atoms with Crippen LogP contribution < -0.4 is 10.1 Å². The Bertz CT molecular complexity index is 708. The van der Waals surface area contributed by atoms with Crippen molar-refractivity contribution in [2.75, 3.05) is 13.7 Å². The molecule has 0 aliphatic rings. The Morgan fingerprint density at radius 2 is 2.04 bits per heavy atom. The lowest BCUT2D eigenvalue weighted by molar-refractivity contribution is -0.132. The lowest BCUT2D eigenvalue weighted by atomic mass is 10.2. The number of furan rings is 1. The van der Waals surface area contributed by atoms with E-state index in [4.69, 9.17) is 9.15 Å². The van der Waals surface area contributed by atoms with Crippen molar-refractivity contribution in [3.63, 3.8) is 0 Å². The van der Waals surface area contributed by atoms with Crippen molar-refractivity contribution >= 4 is 11.8 Å². The van der Waals surface area contributed by atoms with E-state index in [0.29, 0.717) is 18.7 Å². The second-order valence-corrected chi connectivity index (χ2v) is 5.65. The van der Waals surface area contributed by atoms with Crippen LogP contribution in [-0.2, 0) is 11.3 Å². The SMILES string of the molecule is C=CCOc1ccc(CN(C)C(=O)[C@@H](C)NC(=O)c2ccoc2)cc1.